The van der Waals surface area contributed by atoms with E-state index in [-0.39, 0.29) is 30.1 Å². The maximum atomic E-state index is 12.3. The van der Waals surface area contributed by atoms with Gasteiger partial charge in [-0.2, -0.15) is 0 Å². The van der Waals surface area contributed by atoms with Crippen molar-refractivity contribution in [1.29, 1.82) is 0 Å². The van der Waals surface area contributed by atoms with Crippen molar-refractivity contribution < 1.29 is 14.4 Å². The maximum absolute atomic E-state index is 12.3. The predicted octanol–water partition coefficient (Wildman–Crippen LogP) is 2.71. The number of benzene rings is 2. The van der Waals surface area contributed by atoms with Crippen molar-refractivity contribution in [2.45, 2.75) is 26.2 Å². The van der Waals surface area contributed by atoms with Crippen molar-refractivity contribution in [3.63, 3.8) is 0 Å². The molecule has 1 atom stereocenters. The van der Waals surface area contributed by atoms with Crippen molar-refractivity contribution in [3.8, 4) is 0 Å². The molecule has 3 rings (SSSR count). The van der Waals surface area contributed by atoms with Crippen LogP contribution in [0.25, 0.3) is 0 Å². The molecule has 1 aliphatic rings. The van der Waals surface area contributed by atoms with Crippen molar-refractivity contribution in [3.05, 3.63) is 65.2 Å². The number of nitrogens with one attached hydrogen (secondary N) is 2. The van der Waals surface area contributed by atoms with Crippen molar-refractivity contribution in [2.24, 2.45) is 5.92 Å². The minimum Gasteiger partial charge on any atom is -0.322 e. The van der Waals surface area contributed by atoms with Crippen LogP contribution < -0.4 is 10.6 Å². The van der Waals surface area contributed by atoms with E-state index in [4.69, 9.17) is 0 Å². The maximum Gasteiger partial charge on any atom is 0.255 e. The Hall–Kier alpha value is -2.95. The third kappa shape index (κ3) is 4.12. The van der Waals surface area contributed by atoms with E-state index in [1.807, 2.05) is 36.4 Å². The number of carbonyl (C=O) groups excluding carboxylic acids is 3. The van der Waals surface area contributed by atoms with Crippen LogP contribution in [0.5, 0.6) is 0 Å². The molecule has 2 aromatic rings. The number of aryl methyl sites for hydroxylation is 1. The Morgan fingerprint density at radius 1 is 1.12 bits per heavy atom. The van der Waals surface area contributed by atoms with E-state index in [0.717, 1.165) is 23.2 Å². The summed E-state index contributed by atoms with van der Waals surface area (Å²) in [5.74, 6) is -0.930. The highest BCUT2D eigenvalue weighted by molar-refractivity contribution is 6.04. The Labute approximate surface area is 146 Å². The van der Waals surface area contributed by atoms with E-state index in [1.165, 1.54) is 0 Å². The topological polar surface area (TPSA) is 75.3 Å². The first-order valence-corrected chi connectivity index (χ1v) is 8.38. The summed E-state index contributed by atoms with van der Waals surface area (Å²) in [6, 6.07) is 14.9. The Bertz CT molecular complexity index is 812. The summed E-state index contributed by atoms with van der Waals surface area (Å²) in [6.07, 6.45) is 1.64. The number of anilines is 1. The summed E-state index contributed by atoms with van der Waals surface area (Å²) < 4.78 is 0. The lowest BCUT2D eigenvalue weighted by Gasteiger charge is -2.09. The van der Waals surface area contributed by atoms with Gasteiger partial charge in [0.1, 0.15) is 0 Å². The van der Waals surface area contributed by atoms with E-state index >= 15 is 0 Å². The van der Waals surface area contributed by atoms with Gasteiger partial charge in [0.05, 0.1) is 5.92 Å². The fraction of sp³-hybridized carbons (Fsp3) is 0.250. The molecule has 0 spiro atoms. The van der Waals surface area contributed by atoms with Crippen molar-refractivity contribution >= 4 is 23.4 Å². The van der Waals surface area contributed by atoms with Crippen molar-refractivity contribution in [1.82, 2.24) is 5.32 Å². The molecule has 3 amide bonds. The number of carbonyl (C=O) groups is 3. The molecule has 0 aromatic heterocycles. The van der Waals surface area contributed by atoms with Crippen LogP contribution in [0, 0.1) is 5.92 Å². The van der Waals surface area contributed by atoms with Crippen LogP contribution in [0.15, 0.2) is 48.5 Å². The van der Waals surface area contributed by atoms with Crippen LogP contribution in [-0.2, 0) is 22.4 Å². The zero-order chi connectivity index (χ0) is 17.8. The van der Waals surface area contributed by atoms with E-state index in [0.29, 0.717) is 12.0 Å². The predicted molar refractivity (Wildman–Crippen MR) is 95.2 cm³/mol. The summed E-state index contributed by atoms with van der Waals surface area (Å²) >= 11 is 0. The quantitative estimate of drug-likeness (QED) is 0.824. The molecule has 1 fully saturated rings. The van der Waals surface area contributed by atoms with Crippen molar-refractivity contribution in [2.75, 3.05) is 5.32 Å². The number of hydrogen-bond acceptors (Lipinski definition) is 3. The highest BCUT2D eigenvalue weighted by Crippen LogP contribution is 2.18. The van der Waals surface area contributed by atoms with Gasteiger partial charge in [-0.05, 0) is 48.2 Å². The second kappa shape index (κ2) is 7.30. The Morgan fingerprint density at radius 3 is 2.52 bits per heavy atom. The lowest BCUT2D eigenvalue weighted by atomic mass is 9.97. The van der Waals surface area contributed by atoms with Gasteiger partial charge in [0.2, 0.25) is 11.8 Å². The second-order valence-electron chi connectivity index (χ2n) is 6.22. The third-order valence-corrected chi connectivity index (χ3v) is 4.36. The van der Waals surface area contributed by atoms with Gasteiger partial charge >= 0.3 is 0 Å². The summed E-state index contributed by atoms with van der Waals surface area (Å²) in [4.78, 5) is 35.2. The highest BCUT2D eigenvalue weighted by atomic mass is 16.2. The van der Waals surface area contributed by atoms with E-state index in [9.17, 15) is 14.4 Å². The third-order valence-electron chi connectivity index (χ3n) is 4.36. The summed E-state index contributed by atoms with van der Waals surface area (Å²) in [7, 11) is 0. The van der Waals surface area contributed by atoms with E-state index in [2.05, 4.69) is 17.6 Å². The molecule has 0 bridgehead atoms. The molecule has 128 valence electrons. The molecule has 1 aliphatic heterocycles. The van der Waals surface area contributed by atoms with Gasteiger partial charge in [-0.1, -0.05) is 31.2 Å². The van der Waals surface area contributed by atoms with Crippen LogP contribution in [0.2, 0.25) is 0 Å². The van der Waals surface area contributed by atoms with Crippen LogP contribution in [0.3, 0.4) is 0 Å². The normalized spacial score (nSPS) is 16.6. The Balaban J connectivity index is 1.64. The molecule has 1 heterocycles. The molecule has 2 N–H and O–H groups in total. The minimum atomic E-state index is -0.316. The first kappa shape index (κ1) is 16.9. The lowest BCUT2D eigenvalue weighted by Crippen LogP contribution is -2.22. The number of hydrogen-bond donors (Lipinski definition) is 2. The zero-order valence-electron chi connectivity index (χ0n) is 14.0. The molecule has 5 heteroatoms. The van der Waals surface area contributed by atoms with E-state index in [1.54, 1.807) is 12.1 Å². The minimum absolute atomic E-state index is 0.173. The molecular formula is C20H20N2O3. The standard InChI is InChI=1S/C20H20N2O3/c1-2-13-4-3-5-17(11-13)21-19(24)15-8-6-14(7-9-15)10-16-12-18(23)22-20(16)25/h3-9,11,16H,2,10,12H2,1H3,(H,21,24)(H,22,23,25)/t16-/m1/s1. The van der Waals surface area contributed by atoms with Crippen LogP contribution >= 0.6 is 0 Å². The summed E-state index contributed by atoms with van der Waals surface area (Å²) in [5, 5.41) is 5.20. The number of imide groups is 1. The fourth-order valence-corrected chi connectivity index (χ4v) is 2.92. The molecule has 0 radical (unpaired) electrons. The van der Waals surface area contributed by atoms with E-state index < -0.39 is 0 Å². The van der Waals surface area contributed by atoms with Crippen LogP contribution in [-0.4, -0.2) is 17.7 Å². The largest absolute Gasteiger partial charge is 0.322 e. The molecule has 0 unspecified atom stereocenters. The first-order valence-electron chi connectivity index (χ1n) is 8.38. The Morgan fingerprint density at radius 2 is 1.88 bits per heavy atom. The van der Waals surface area contributed by atoms with Crippen LogP contribution in [0.4, 0.5) is 5.69 Å². The molecule has 0 saturated carbocycles. The Kier molecular flexibility index (Phi) is 4.93. The zero-order valence-corrected chi connectivity index (χ0v) is 14.0. The smallest absolute Gasteiger partial charge is 0.255 e. The second-order valence-corrected chi connectivity index (χ2v) is 6.22. The molecule has 2 aromatic carbocycles. The summed E-state index contributed by atoms with van der Waals surface area (Å²) in [6.45, 7) is 2.07. The highest BCUT2D eigenvalue weighted by Gasteiger charge is 2.30. The molecule has 1 saturated heterocycles. The van der Waals surface area contributed by atoms with Gasteiger partial charge in [0, 0.05) is 17.7 Å². The van der Waals surface area contributed by atoms with Gasteiger partial charge in [-0.3, -0.25) is 19.7 Å². The summed E-state index contributed by atoms with van der Waals surface area (Å²) in [5.41, 5.74) is 3.42. The SMILES string of the molecule is CCc1cccc(NC(=O)c2ccc(C[C@@H]3CC(=O)NC3=O)cc2)c1. The average molecular weight is 336 g/mol. The lowest BCUT2D eigenvalue weighted by molar-refractivity contribution is -0.125. The molecular weight excluding hydrogens is 316 g/mol. The van der Waals surface area contributed by atoms with Gasteiger partial charge in [-0.25, -0.2) is 0 Å². The van der Waals surface area contributed by atoms with Crippen LogP contribution in [0.1, 0.15) is 34.8 Å². The van der Waals surface area contributed by atoms with Gasteiger partial charge in [0.25, 0.3) is 5.91 Å². The molecule has 5 nitrogen and oxygen atoms in total. The monoisotopic (exact) mass is 336 g/mol. The average Bonchev–Trinajstić information content (AvgIpc) is 2.93. The van der Waals surface area contributed by atoms with Gasteiger partial charge in [-0.15, -0.1) is 0 Å². The molecule has 25 heavy (non-hydrogen) atoms. The fourth-order valence-electron chi connectivity index (χ4n) is 2.92. The van der Waals surface area contributed by atoms with Gasteiger partial charge in [0.15, 0.2) is 0 Å². The first-order chi connectivity index (χ1) is 12.0. The van der Waals surface area contributed by atoms with Gasteiger partial charge < -0.3 is 5.32 Å². The molecule has 0 aliphatic carbocycles. The number of rotatable bonds is 5. The number of amides is 3.